The Bertz CT molecular complexity index is 1150. The van der Waals surface area contributed by atoms with Crippen LogP contribution in [0.15, 0.2) is 77.9 Å². The van der Waals surface area contributed by atoms with E-state index in [0.29, 0.717) is 22.6 Å². The fraction of sp³-hybridized carbons (Fsp3) is 0.286. The van der Waals surface area contributed by atoms with Crippen LogP contribution < -0.4 is 5.48 Å². The summed E-state index contributed by atoms with van der Waals surface area (Å²) in [6, 6.07) is 16.5. The summed E-state index contributed by atoms with van der Waals surface area (Å²) in [5.41, 5.74) is 4.81. The molecule has 35 heavy (non-hydrogen) atoms. The van der Waals surface area contributed by atoms with E-state index in [1.54, 1.807) is 17.2 Å². The van der Waals surface area contributed by atoms with Gasteiger partial charge in [0.15, 0.2) is 0 Å². The number of hydrogen-bond donors (Lipinski definition) is 1. The summed E-state index contributed by atoms with van der Waals surface area (Å²) in [7, 11) is 0. The van der Waals surface area contributed by atoms with E-state index in [9.17, 15) is 9.59 Å². The molecule has 0 spiro atoms. The topological polar surface area (TPSA) is 61.9 Å². The number of halogens is 1. The molecule has 2 aliphatic rings. The highest BCUT2D eigenvalue weighted by atomic mass is 35.5. The first-order valence-electron chi connectivity index (χ1n) is 11.7. The monoisotopic (exact) mass is 489 g/mol. The summed E-state index contributed by atoms with van der Waals surface area (Å²) < 4.78 is 0. The van der Waals surface area contributed by atoms with Crippen LogP contribution in [0.5, 0.6) is 0 Å². The van der Waals surface area contributed by atoms with Crippen molar-refractivity contribution in [1.29, 1.82) is 0 Å². The maximum Gasteiger partial charge on any atom is 0.268 e. The number of rotatable bonds is 8. The highest BCUT2D eigenvalue weighted by Gasteiger charge is 2.45. The van der Waals surface area contributed by atoms with Crippen molar-refractivity contribution in [3.05, 3.63) is 94.5 Å². The first-order chi connectivity index (χ1) is 17.1. The minimum Gasteiger partial charge on any atom is -0.272 e. The van der Waals surface area contributed by atoms with Crippen LogP contribution in [0.3, 0.4) is 0 Å². The van der Waals surface area contributed by atoms with Crippen LogP contribution in [-0.4, -0.2) is 41.0 Å². The second-order valence-corrected chi connectivity index (χ2v) is 8.95. The number of hydroxylamine groups is 1. The standard InChI is InChI=1S/C28H28ClN3O3/c1-2-11-22(29)14-10-17-25-26(27(33)30-35-20-21-12-4-3-5-13-21)23-15-6-7-16-24(23)28(34)32(25)31-18-8-9-19-31/h1,3-7,10-16,25-26H,8-9,17-20H2,(H,30,33)/b14-10-,22-11+/t25-,26+/m0/s1. The van der Waals surface area contributed by atoms with Crippen molar-refractivity contribution in [3.63, 3.8) is 0 Å². The molecule has 0 radical (unpaired) electrons. The maximum absolute atomic E-state index is 13.6. The third-order valence-electron chi connectivity index (χ3n) is 6.23. The van der Waals surface area contributed by atoms with Gasteiger partial charge in [-0.2, -0.15) is 0 Å². The van der Waals surface area contributed by atoms with Gasteiger partial charge in [-0.3, -0.25) is 19.4 Å². The lowest BCUT2D eigenvalue weighted by molar-refractivity contribution is -0.139. The molecule has 0 saturated carbocycles. The van der Waals surface area contributed by atoms with Crippen LogP contribution in [0.4, 0.5) is 0 Å². The van der Waals surface area contributed by atoms with Gasteiger partial charge in [-0.25, -0.2) is 10.5 Å². The Labute approximate surface area is 211 Å². The lowest BCUT2D eigenvalue weighted by Crippen LogP contribution is -2.58. The van der Waals surface area contributed by atoms with Gasteiger partial charge in [0.1, 0.15) is 0 Å². The quantitative estimate of drug-likeness (QED) is 0.335. The predicted molar refractivity (Wildman–Crippen MR) is 136 cm³/mol. The van der Waals surface area contributed by atoms with Crippen molar-refractivity contribution in [2.24, 2.45) is 0 Å². The first-order valence-corrected chi connectivity index (χ1v) is 12.1. The molecular weight excluding hydrogens is 462 g/mol. The van der Waals surface area contributed by atoms with Gasteiger partial charge in [-0.1, -0.05) is 72.1 Å². The van der Waals surface area contributed by atoms with Crippen molar-refractivity contribution in [3.8, 4) is 12.3 Å². The molecule has 1 fully saturated rings. The number of amides is 2. The Morgan fingerprint density at radius 2 is 1.86 bits per heavy atom. The summed E-state index contributed by atoms with van der Waals surface area (Å²) in [5, 5.41) is 4.23. The van der Waals surface area contributed by atoms with E-state index in [0.717, 1.165) is 31.5 Å². The molecule has 2 amide bonds. The van der Waals surface area contributed by atoms with Crippen molar-refractivity contribution >= 4 is 23.4 Å². The number of hydrogen-bond acceptors (Lipinski definition) is 4. The van der Waals surface area contributed by atoms with E-state index in [2.05, 4.69) is 16.4 Å². The molecule has 1 saturated heterocycles. The van der Waals surface area contributed by atoms with Crippen LogP contribution in [0.2, 0.25) is 0 Å². The largest absolute Gasteiger partial charge is 0.272 e. The molecule has 7 heteroatoms. The van der Waals surface area contributed by atoms with Gasteiger partial charge in [0.05, 0.1) is 18.6 Å². The molecule has 0 aromatic heterocycles. The van der Waals surface area contributed by atoms with Crippen LogP contribution in [0.25, 0.3) is 0 Å². The maximum atomic E-state index is 13.6. The van der Waals surface area contributed by atoms with E-state index in [1.165, 1.54) is 6.08 Å². The number of fused-ring (bicyclic) bond motifs is 1. The van der Waals surface area contributed by atoms with Gasteiger partial charge in [-0.05, 0) is 42.5 Å². The fourth-order valence-electron chi connectivity index (χ4n) is 4.67. The zero-order chi connectivity index (χ0) is 24.6. The number of benzene rings is 2. The van der Waals surface area contributed by atoms with Gasteiger partial charge in [0.25, 0.3) is 11.8 Å². The summed E-state index contributed by atoms with van der Waals surface area (Å²) in [6.45, 7) is 1.78. The molecule has 2 aromatic rings. The summed E-state index contributed by atoms with van der Waals surface area (Å²) in [6.07, 6.45) is 12.7. The molecule has 0 aliphatic carbocycles. The molecule has 2 aliphatic heterocycles. The van der Waals surface area contributed by atoms with E-state index in [4.69, 9.17) is 22.9 Å². The molecule has 2 aromatic carbocycles. The second kappa shape index (κ2) is 11.9. The lowest BCUT2D eigenvalue weighted by atomic mass is 9.81. The van der Waals surface area contributed by atoms with Gasteiger partial charge < -0.3 is 0 Å². The van der Waals surface area contributed by atoms with Crippen LogP contribution >= 0.6 is 11.6 Å². The highest BCUT2D eigenvalue weighted by Crippen LogP contribution is 2.37. The Balaban J connectivity index is 1.63. The van der Waals surface area contributed by atoms with Crippen molar-refractivity contribution in [2.75, 3.05) is 13.1 Å². The van der Waals surface area contributed by atoms with Gasteiger partial charge in [0.2, 0.25) is 0 Å². The van der Waals surface area contributed by atoms with Gasteiger partial charge in [0, 0.05) is 29.8 Å². The number of hydrazine groups is 1. The SMILES string of the molecule is C#C/C=C(Cl)\C=C/C[C@H]1[C@H](C(=O)NOCc2ccccc2)c2ccccc2C(=O)N1N1CCCC1. The normalized spacial score (nSPS) is 20.6. The Hall–Kier alpha value is -3.37. The molecular formula is C28H28ClN3O3. The van der Waals surface area contributed by atoms with E-state index >= 15 is 0 Å². The average Bonchev–Trinajstić information content (AvgIpc) is 3.39. The number of nitrogens with one attached hydrogen (secondary N) is 1. The molecule has 2 heterocycles. The van der Waals surface area contributed by atoms with Crippen LogP contribution in [0.1, 0.15) is 46.7 Å². The Morgan fingerprint density at radius 3 is 2.60 bits per heavy atom. The number of terminal acetylenes is 1. The third kappa shape index (κ3) is 5.83. The lowest BCUT2D eigenvalue weighted by Gasteiger charge is -2.45. The van der Waals surface area contributed by atoms with E-state index in [1.807, 2.05) is 54.6 Å². The molecule has 0 bridgehead atoms. The smallest absolute Gasteiger partial charge is 0.268 e. The Morgan fingerprint density at radius 1 is 1.14 bits per heavy atom. The molecule has 4 rings (SSSR count). The van der Waals surface area contributed by atoms with Crippen molar-refractivity contribution < 1.29 is 14.4 Å². The minimum absolute atomic E-state index is 0.0968. The zero-order valence-corrected chi connectivity index (χ0v) is 20.2. The van der Waals surface area contributed by atoms with Crippen molar-refractivity contribution in [1.82, 2.24) is 15.5 Å². The van der Waals surface area contributed by atoms with Gasteiger partial charge in [-0.15, -0.1) is 6.42 Å². The zero-order valence-electron chi connectivity index (χ0n) is 19.4. The summed E-state index contributed by atoms with van der Waals surface area (Å²) >= 11 is 6.14. The number of carbonyl (C=O) groups is 2. The molecule has 6 nitrogen and oxygen atoms in total. The van der Waals surface area contributed by atoms with Crippen LogP contribution in [-0.2, 0) is 16.2 Å². The molecule has 0 unspecified atom stereocenters. The highest BCUT2D eigenvalue weighted by molar-refractivity contribution is 6.31. The van der Waals surface area contributed by atoms with Crippen LogP contribution in [0, 0.1) is 12.3 Å². The minimum atomic E-state index is -0.625. The summed E-state index contributed by atoms with van der Waals surface area (Å²) in [4.78, 5) is 32.7. The fourth-order valence-corrected chi connectivity index (χ4v) is 4.82. The third-order valence-corrected chi connectivity index (χ3v) is 6.47. The summed E-state index contributed by atoms with van der Waals surface area (Å²) in [5.74, 6) is 1.38. The predicted octanol–water partition coefficient (Wildman–Crippen LogP) is 4.56. The number of allylic oxidation sites excluding steroid dienone is 3. The second-order valence-electron chi connectivity index (χ2n) is 8.52. The molecule has 180 valence electrons. The number of nitrogens with zero attached hydrogens (tertiary/aromatic N) is 2. The molecule has 2 atom stereocenters. The molecule has 1 N–H and O–H groups in total. The van der Waals surface area contributed by atoms with Gasteiger partial charge >= 0.3 is 0 Å². The average molecular weight is 490 g/mol. The van der Waals surface area contributed by atoms with E-state index in [-0.39, 0.29) is 18.4 Å². The van der Waals surface area contributed by atoms with Crippen molar-refractivity contribution in [2.45, 2.75) is 37.8 Å². The van der Waals surface area contributed by atoms with E-state index < -0.39 is 12.0 Å². The number of carbonyl (C=O) groups excluding carboxylic acids is 2. The first kappa shape index (κ1) is 24.7. The Kier molecular flexibility index (Phi) is 8.38.